The first-order valence-electron chi connectivity index (χ1n) is 9.44. The van der Waals surface area contributed by atoms with E-state index in [1.807, 2.05) is 0 Å². The molecule has 0 bridgehead atoms. The molecule has 136 valence electrons. The predicted octanol–water partition coefficient (Wildman–Crippen LogP) is 5.53. The van der Waals surface area contributed by atoms with Crippen molar-refractivity contribution in [1.29, 1.82) is 5.41 Å². The van der Waals surface area contributed by atoms with Gasteiger partial charge in [0.25, 0.3) is 0 Å². The number of benzene rings is 1. The summed E-state index contributed by atoms with van der Waals surface area (Å²) in [7, 11) is 1.76. The molecule has 3 unspecified atom stereocenters. The van der Waals surface area contributed by atoms with E-state index in [9.17, 15) is 4.79 Å². The highest BCUT2D eigenvalue weighted by Gasteiger charge is 2.51. The first-order chi connectivity index (χ1) is 12.5. The number of likely N-dealkylation sites (tertiary alicyclic amines) is 1. The van der Waals surface area contributed by atoms with Crippen LogP contribution < -0.4 is 0 Å². The quantitative estimate of drug-likeness (QED) is 0.762. The van der Waals surface area contributed by atoms with E-state index in [1.165, 1.54) is 23.1 Å². The number of hydrogen-bond donors (Lipinski definition) is 1. The van der Waals surface area contributed by atoms with Crippen LogP contribution in [0, 0.1) is 16.7 Å². The van der Waals surface area contributed by atoms with Crippen LogP contribution in [-0.2, 0) is 4.79 Å². The van der Waals surface area contributed by atoms with E-state index in [0.29, 0.717) is 30.5 Å². The van der Waals surface area contributed by atoms with E-state index in [4.69, 9.17) is 5.41 Å². The summed E-state index contributed by atoms with van der Waals surface area (Å²) in [5, 5.41) is 12.3. The molecule has 26 heavy (non-hydrogen) atoms. The standard InChI is InChI=1S/C22H26N2OS/c1-22(9-4-7-20(23)24(2)21(25)13-22)19-12-18(19)16-6-3-5-15(11-16)17-8-10-26-14-17/h3,5-6,8,10-11,14,18-19,23H,4,7,9,12-13H2,1-2H3. The molecule has 4 rings (SSSR count). The van der Waals surface area contributed by atoms with Gasteiger partial charge in [0.2, 0.25) is 5.91 Å². The van der Waals surface area contributed by atoms with E-state index in [2.05, 4.69) is 48.0 Å². The van der Waals surface area contributed by atoms with Gasteiger partial charge in [-0.15, -0.1) is 0 Å². The summed E-state index contributed by atoms with van der Waals surface area (Å²) in [6.07, 6.45) is 4.50. The minimum absolute atomic E-state index is 0.0507. The zero-order valence-electron chi connectivity index (χ0n) is 15.5. The monoisotopic (exact) mass is 366 g/mol. The van der Waals surface area contributed by atoms with Crippen molar-refractivity contribution >= 4 is 23.1 Å². The lowest BCUT2D eigenvalue weighted by atomic mass is 9.74. The fourth-order valence-electron chi connectivity index (χ4n) is 4.56. The number of rotatable bonds is 3. The van der Waals surface area contributed by atoms with Gasteiger partial charge in [0.15, 0.2) is 0 Å². The van der Waals surface area contributed by atoms with Gasteiger partial charge in [-0.2, -0.15) is 11.3 Å². The smallest absolute Gasteiger partial charge is 0.228 e. The minimum Gasteiger partial charge on any atom is -0.304 e. The average molecular weight is 367 g/mol. The van der Waals surface area contributed by atoms with Crippen LogP contribution in [0.3, 0.4) is 0 Å². The van der Waals surface area contributed by atoms with Crippen LogP contribution in [0.25, 0.3) is 11.1 Å². The van der Waals surface area contributed by atoms with E-state index in [-0.39, 0.29) is 11.3 Å². The second-order valence-corrected chi connectivity index (χ2v) is 8.95. The van der Waals surface area contributed by atoms with Crippen molar-refractivity contribution in [3.05, 3.63) is 46.7 Å². The first-order valence-corrected chi connectivity index (χ1v) is 10.4. The van der Waals surface area contributed by atoms with Crippen LogP contribution in [0.2, 0.25) is 0 Å². The van der Waals surface area contributed by atoms with Crippen LogP contribution in [-0.4, -0.2) is 23.7 Å². The molecule has 1 aliphatic heterocycles. The first kappa shape index (κ1) is 17.5. The number of amides is 1. The Kier molecular flexibility index (Phi) is 4.47. The normalized spacial score (nSPS) is 29.4. The van der Waals surface area contributed by atoms with Crippen molar-refractivity contribution in [1.82, 2.24) is 4.90 Å². The van der Waals surface area contributed by atoms with Crippen molar-refractivity contribution in [3.8, 4) is 11.1 Å². The van der Waals surface area contributed by atoms with Gasteiger partial charge in [-0.1, -0.05) is 31.2 Å². The average Bonchev–Trinajstić information content (AvgIpc) is 3.27. The van der Waals surface area contributed by atoms with Gasteiger partial charge < -0.3 is 4.90 Å². The highest BCUT2D eigenvalue weighted by Crippen LogP contribution is 2.60. The number of hydrogen-bond acceptors (Lipinski definition) is 3. The largest absolute Gasteiger partial charge is 0.304 e. The molecule has 3 atom stereocenters. The summed E-state index contributed by atoms with van der Waals surface area (Å²) in [6, 6.07) is 11.1. The number of carbonyl (C=O) groups excluding carboxylic acids is 1. The van der Waals surface area contributed by atoms with E-state index < -0.39 is 0 Å². The molecule has 1 aromatic carbocycles. The van der Waals surface area contributed by atoms with E-state index in [0.717, 1.165) is 12.8 Å². The summed E-state index contributed by atoms with van der Waals surface area (Å²) in [6.45, 7) is 2.29. The molecule has 1 aromatic heterocycles. The highest BCUT2D eigenvalue weighted by atomic mass is 32.1. The van der Waals surface area contributed by atoms with Crippen molar-refractivity contribution in [2.45, 2.75) is 44.9 Å². The maximum Gasteiger partial charge on any atom is 0.228 e. The van der Waals surface area contributed by atoms with Crippen LogP contribution in [0.1, 0.15) is 50.5 Å². The zero-order valence-corrected chi connectivity index (χ0v) is 16.3. The molecular formula is C22H26N2OS. The predicted molar refractivity (Wildman–Crippen MR) is 108 cm³/mol. The van der Waals surface area contributed by atoms with Crippen LogP contribution in [0.5, 0.6) is 0 Å². The molecule has 2 aromatic rings. The maximum absolute atomic E-state index is 12.6. The Bertz CT molecular complexity index is 828. The fourth-order valence-corrected chi connectivity index (χ4v) is 5.22. The summed E-state index contributed by atoms with van der Waals surface area (Å²) >= 11 is 1.73. The minimum atomic E-state index is 0.0507. The Labute approximate surface area is 159 Å². The number of nitrogens with one attached hydrogen (secondary N) is 1. The molecule has 4 heteroatoms. The van der Waals surface area contributed by atoms with E-state index in [1.54, 1.807) is 23.3 Å². The Balaban J connectivity index is 1.53. The molecule has 1 N–H and O–H groups in total. The molecular weight excluding hydrogens is 340 g/mol. The lowest BCUT2D eigenvalue weighted by molar-refractivity contribution is -0.129. The maximum atomic E-state index is 12.6. The molecule has 2 aliphatic rings. The third-order valence-corrected chi connectivity index (χ3v) is 7.03. The van der Waals surface area contributed by atoms with Crippen molar-refractivity contribution in [2.75, 3.05) is 7.05 Å². The Morgan fingerprint density at radius 2 is 2.12 bits per heavy atom. The fraction of sp³-hybridized carbons (Fsp3) is 0.455. The Morgan fingerprint density at radius 1 is 1.27 bits per heavy atom. The van der Waals surface area contributed by atoms with Gasteiger partial charge >= 0.3 is 0 Å². The summed E-state index contributed by atoms with van der Waals surface area (Å²) < 4.78 is 0. The van der Waals surface area contributed by atoms with Crippen molar-refractivity contribution < 1.29 is 4.79 Å². The van der Waals surface area contributed by atoms with Gasteiger partial charge in [0.05, 0.1) is 0 Å². The van der Waals surface area contributed by atoms with Crippen LogP contribution >= 0.6 is 11.3 Å². The molecule has 2 heterocycles. The van der Waals surface area contributed by atoms with Gasteiger partial charge in [-0.3, -0.25) is 10.2 Å². The van der Waals surface area contributed by atoms with Gasteiger partial charge in [0.1, 0.15) is 5.84 Å². The lowest BCUT2D eigenvalue weighted by Gasteiger charge is -2.34. The lowest BCUT2D eigenvalue weighted by Crippen LogP contribution is -2.39. The van der Waals surface area contributed by atoms with Gasteiger partial charge in [-0.05, 0) is 70.0 Å². The molecule has 1 aliphatic carbocycles. The molecule has 3 nitrogen and oxygen atoms in total. The molecule has 0 radical (unpaired) electrons. The van der Waals surface area contributed by atoms with Crippen molar-refractivity contribution in [3.63, 3.8) is 0 Å². The molecule has 2 fully saturated rings. The van der Waals surface area contributed by atoms with Crippen LogP contribution in [0.15, 0.2) is 41.1 Å². The topological polar surface area (TPSA) is 44.2 Å². The molecule has 1 amide bonds. The molecule has 1 saturated heterocycles. The Hall–Kier alpha value is -1.94. The third-order valence-electron chi connectivity index (χ3n) is 6.35. The number of nitrogens with zero attached hydrogens (tertiary/aromatic N) is 1. The summed E-state index contributed by atoms with van der Waals surface area (Å²) in [5.74, 6) is 1.71. The zero-order chi connectivity index (χ0) is 18.3. The van der Waals surface area contributed by atoms with Gasteiger partial charge in [-0.25, -0.2) is 0 Å². The Morgan fingerprint density at radius 3 is 2.88 bits per heavy atom. The summed E-state index contributed by atoms with van der Waals surface area (Å²) in [4.78, 5) is 14.1. The molecule has 1 saturated carbocycles. The number of amidine groups is 1. The second-order valence-electron chi connectivity index (χ2n) is 8.17. The number of carbonyl (C=O) groups is 1. The summed E-state index contributed by atoms with van der Waals surface area (Å²) in [5.41, 5.74) is 4.05. The second kappa shape index (κ2) is 6.66. The van der Waals surface area contributed by atoms with E-state index >= 15 is 0 Å². The third kappa shape index (κ3) is 3.23. The SMILES string of the molecule is CN1C(=N)CCCC(C)(C2CC2c2cccc(-c3ccsc3)c2)CC1=O. The van der Waals surface area contributed by atoms with Crippen LogP contribution in [0.4, 0.5) is 0 Å². The van der Waals surface area contributed by atoms with Gasteiger partial charge in [0, 0.05) is 19.9 Å². The van der Waals surface area contributed by atoms with Crippen molar-refractivity contribution in [2.24, 2.45) is 11.3 Å². The molecule has 0 spiro atoms. The number of thiophene rings is 1. The highest BCUT2D eigenvalue weighted by molar-refractivity contribution is 7.08.